The maximum absolute atomic E-state index is 5.89. The number of rotatable bonds is 7. The maximum Gasteiger partial charge on any atom is 0.132 e. The molecule has 5 rings (SSSR count). The van der Waals surface area contributed by atoms with Crippen LogP contribution in [-0.2, 0) is 0 Å². The van der Waals surface area contributed by atoms with Crippen LogP contribution in [0.25, 0.3) is 22.3 Å². The van der Waals surface area contributed by atoms with Gasteiger partial charge in [0.25, 0.3) is 0 Å². The van der Waals surface area contributed by atoms with Crippen LogP contribution >= 0.6 is 0 Å². The molecular formula is C26H38N8O. The Hall–Kier alpha value is -2.75. The van der Waals surface area contributed by atoms with Gasteiger partial charge >= 0.3 is 0 Å². The van der Waals surface area contributed by atoms with Gasteiger partial charge in [-0.15, -0.1) is 0 Å². The van der Waals surface area contributed by atoms with Gasteiger partial charge in [-0.05, 0) is 46.0 Å². The smallest absolute Gasteiger partial charge is 0.132 e. The highest BCUT2D eigenvalue weighted by atomic mass is 16.5. The summed E-state index contributed by atoms with van der Waals surface area (Å²) in [6.45, 7) is 16.4. The van der Waals surface area contributed by atoms with E-state index in [4.69, 9.17) is 4.74 Å². The number of hydrogen-bond acceptors (Lipinski definition) is 8. The van der Waals surface area contributed by atoms with E-state index in [0.717, 1.165) is 66.6 Å². The van der Waals surface area contributed by atoms with Crippen LogP contribution in [0.3, 0.4) is 0 Å². The van der Waals surface area contributed by atoms with Gasteiger partial charge < -0.3 is 14.5 Å². The summed E-state index contributed by atoms with van der Waals surface area (Å²) in [6, 6.07) is 8.57. The Morgan fingerprint density at radius 1 is 1.03 bits per heavy atom. The van der Waals surface area contributed by atoms with Gasteiger partial charge in [0.1, 0.15) is 23.6 Å². The number of aromatic amines is 1. The van der Waals surface area contributed by atoms with E-state index in [1.54, 1.807) is 6.33 Å². The van der Waals surface area contributed by atoms with Crippen molar-refractivity contribution in [3.05, 3.63) is 30.6 Å². The maximum atomic E-state index is 5.89. The Morgan fingerprint density at radius 2 is 1.86 bits per heavy atom. The van der Waals surface area contributed by atoms with E-state index in [1.165, 1.54) is 26.2 Å². The van der Waals surface area contributed by atoms with Crippen molar-refractivity contribution in [2.45, 2.75) is 32.9 Å². The topological polar surface area (TPSA) is 76.7 Å². The zero-order chi connectivity index (χ0) is 24.4. The minimum absolute atomic E-state index is 0.121. The molecule has 4 heterocycles. The summed E-state index contributed by atoms with van der Waals surface area (Å²) in [5.74, 6) is 1.80. The van der Waals surface area contributed by atoms with Gasteiger partial charge in [-0.25, -0.2) is 9.97 Å². The molecule has 2 aliphatic rings. The Balaban J connectivity index is 1.25. The third-order valence-electron chi connectivity index (χ3n) is 7.19. The number of likely N-dealkylation sites (N-methyl/N-ethyl adjacent to an activating group) is 1. The fourth-order valence-electron chi connectivity index (χ4n) is 5.06. The zero-order valence-electron chi connectivity index (χ0n) is 21.4. The highest BCUT2D eigenvalue weighted by molar-refractivity contribution is 5.93. The summed E-state index contributed by atoms with van der Waals surface area (Å²) in [6.07, 6.45) is 1.78. The van der Waals surface area contributed by atoms with Gasteiger partial charge in [0, 0.05) is 76.4 Å². The number of nitrogens with one attached hydrogen (secondary N) is 1. The Labute approximate surface area is 208 Å². The lowest BCUT2D eigenvalue weighted by Gasteiger charge is -2.41. The summed E-state index contributed by atoms with van der Waals surface area (Å²) < 4.78 is 5.89. The monoisotopic (exact) mass is 478 g/mol. The molecule has 9 heteroatoms. The minimum Gasteiger partial charge on any atom is -0.491 e. The Bertz CT molecular complexity index is 1120. The predicted octanol–water partition coefficient (Wildman–Crippen LogP) is 2.57. The number of nitrogens with zero attached hydrogens (tertiary/aromatic N) is 7. The van der Waals surface area contributed by atoms with E-state index in [9.17, 15) is 0 Å². The molecule has 0 spiro atoms. The summed E-state index contributed by atoms with van der Waals surface area (Å²) in [7, 11) is 2.21. The molecule has 2 aromatic heterocycles. The molecule has 1 aromatic carbocycles. The van der Waals surface area contributed by atoms with Crippen molar-refractivity contribution in [3.8, 4) is 17.1 Å². The van der Waals surface area contributed by atoms with Crippen molar-refractivity contribution in [3.63, 3.8) is 0 Å². The number of anilines is 1. The number of hydrogen-bond donors (Lipinski definition) is 1. The second-order valence-electron chi connectivity index (χ2n) is 10.2. The van der Waals surface area contributed by atoms with Crippen LogP contribution in [0.4, 0.5) is 5.82 Å². The van der Waals surface area contributed by atoms with E-state index in [1.807, 2.05) is 32.0 Å². The lowest BCUT2D eigenvalue weighted by molar-refractivity contribution is 0.117. The molecule has 0 saturated carbocycles. The van der Waals surface area contributed by atoms with Crippen LogP contribution in [0.2, 0.25) is 0 Å². The molecule has 188 valence electrons. The first-order valence-corrected chi connectivity index (χ1v) is 12.8. The van der Waals surface area contributed by atoms with Gasteiger partial charge in [-0.1, -0.05) is 0 Å². The fourth-order valence-corrected chi connectivity index (χ4v) is 5.06. The van der Waals surface area contributed by atoms with Crippen LogP contribution in [-0.4, -0.2) is 113 Å². The van der Waals surface area contributed by atoms with Crippen LogP contribution < -0.4 is 9.64 Å². The third kappa shape index (κ3) is 5.58. The largest absolute Gasteiger partial charge is 0.491 e. The number of piperazine rings is 2. The second-order valence-corrected chi connectivity index (χ2v) is 10.2. The first-order chi connectivity index (χ1) is 17.0. The normalized spacial score (nSPS) is 20.7. The number of ether oxygens (including phenoxy) is 1. The van der Waals surface area contributed by atoms with Gasteiger partial charge in [-0.2, -0.15) is 5.10 Å². The molecule has 1 atom stereocenters. The number of fused-ring (bicyclic) bond motifs is 1. The summed E-state index contributed by atoms with van der Waals surface area (Å²) in [5, 5.41) is 8.71. The third-order valence-corrected chi connectivity index (χ3v) is 7.19. The first kappa shape index (κ1) is 24.0. The standard InChI is InChI=1S/C26H38N8O/c1-19(2)35-21-5-6-23-22(15-21)26(30-29-23)24-16-25(28-18-27-24)34-14-13-33(20(3)17-34)12-11-32-9-7-31(4)8-10-32/h5-6,15-16,18-20H,7-14,17H2,1-4H3,(H,29,30)/t20-/m0/s1. The quantitative estimate of drug-likeness (QED) is 0.555. The lowest BCUT2D eigenvalue weighted by Crippen LogP contribution is -2.54. The zero-order valence-corrected chi connectivity index (χ0v) is 21.4. The Morgan fingerprint density at radius 3 is 2.63 bits per heavy atom. The van der Waals surface area contributed by atoms with Crippen LogP contribution in [0, 0.1) is 0 Å². The number of H-pyrrole nitrogens is 1. The summed E-state index contributed by atoms with van der Waals surface area (Å²) in [5.41, 5.74) is 2.63. The molecule has 2 saturated heterocycles. The molecule has 2 aliphatic heterocycles. The van der Waals surface area contributed by atoms with Crippen molar-refractivity contribution in [1.82, 2.24) is 34.9 Å². The van der Waals surface area contributed by atoms with Crippen molar-refractivity contribution in [2.24, 2.45) is 0 Å². The van der Waals surface area contributed by atoms with Gasteiger partial charge in [0.05, 0.1) is 17.3 Å². The molecule has 0 aliphatic carbocycles. The van der Waals surface area contributed by atoms with Crippen LogP contribution in [0.1, 0.15) is 20.8 Å². The Kier molecular flexibility index (Phi) is 7.17. The molecule has 1 N–H and O–H groups in total. The molecule has 35 heavy (non-hydrogen) atoms. The van der Waals surface area contributed by atoms with Crippen molar-refractivity contribution in [2.75, 3.05) is 70.9 Å². The molecule has 9 nitrogen and oxygen atoms in total. The molecule has 2 fully saturated rings. The number of aromatic nitrogens is 4. The molecular weight excluding hydrogens is 440 g/mol. The van der Waals surface area contributed by atoms with E-state index in [0.29, 0.717) is 6.04 Å². The number of benzene rings is 1. The van der Waals surface area contributed by atoms with E-state index < -0.39 is 0 Å². The van der Waals surface area contributed by atoms with Crippen molar-refractivity contribution >= 4 is 16.7 Å². The van der Waals surface area contributed by atoms with Crippen LogP contribution in [0.15, 0.2) is 30.6 Å². The van der Waals surface area contributed by atoms with Gasteiger partial charge in [0.15, 0.2) is 0 Å². The molecule has 3 aromatic rings. The van der Waals surface area contributed by atoms with Crippen LogP contribution in [0.5, 0.6) is 5.75 Å². The first-order valence-electron chi connectivity index (χ1n) is 12.8. The minimum atomic E-state index is 0.121. The molecule has 0 unspecified atom stereocenters. The van der Waals surface area contributed by atoms with Gasteiger partial charge in [-0.3, -0.25) is 14.9 Å². The second kappa shape index (κ2) is 10.5. The van der Waals surface area contributed by atoms with Crippen molar-refractivity contribution in [1.29, 1.82) is 0 Å². The predicted molar refractivity (Wildman–Crippen MR) is 140 cm³/mol. The average Bonchev–Trinajstić information content (AvgIpc) is 3.27. The fraction of sp³-hybridized carbons (Fsp3) is 0.577. The summed E-state index contributed by atoms with van der Waals surface area (Å²) in [4.78, 5) is 19.2. The average molecular weight is 479 g/mol. The van der Waals surface area contributed by atoms with E-state index in [2.05, 4.69) is 59.8 Å². The SMILES string of the molecule is CC(C)Oc1ccc2[nH]nc(-c3cc(N4CCN(CCN5CCN(C)CC5)[C@@H](C)C4)ncn3)c2c1. The van der Waals surface area contributed by atoms with E-state index >= 15 is 0 Å². The summed E-state index contributed by atoms with van der Waals surface area (Å²) >= 11 is 0. The lowest BCUT2D eigenvalue weighted by atomic mass is 10.1. The molecule has 0 radical (unpaired) electrons. The molecule has 0 amide bonds. The molecule has 0 bridgehead atoms. The highest BCUT2D eigenvalue weighted by Gasteiger charge is 2.26. The van der Waals surface area contributed by atoms with E-state index in [-0.39, 0.29) is 6.10 Å². The van der Waals surface area contributed by atoms with Crippen molar-refractivity contribution < 1.29 is 4.74 Å². The highest BCUT2D eigenvalue weighted by Crippen LogP contribution is 2.30. The van der Waals surface area contributed by atoms with Gasteiger partial charge in [0.2, 0.25) is 0 Å².